The van der Waals surface area contributed by atoms with Crippen molar-refractivity contribution >= 4 is 17.2 Å². The van der Waals surface area contributed by atoms with E-state index in [0.29, 0.717) is 6.54 Å². The molecule has 1 aromatic rings. The molecule has 6 heteroatoms. The van der Waals surface area contributed by atoms with Crippen LogP contribution in [0.1, 0.15) is 5.69 Å². The summed E-state index contributed by atoms with van der Waals surface area (Å²) in [6, 6.07) is 0. The Balaban J connectivity index is 2.07. The maximum Gasteiger partial charge on any atom is 0.245 e. The topological polar surface area (TPSA) is 77.2 Å². The van der Waals surface area contributed by atoms with Crippen molar-refractivity contribution in [3.8, 4) is 0 Å². The minimum Gasteiger partial charge on any atom is -0.368 e. The summed E-state index contributed by atoms with van der Waals surface area (Å²) in [6.45, 7) is 0.362. The third kappa shape index (κ3) is 3.42. The first kappa shape index (κ1) is 9.11. The fraction of sp³-hybridized carbons (Fsp3) is 0.333. The summed E-state index contributed by atoms with van der Waals surface area (Å²) < 4.78 is 0. The van der Waals surface area contributed by atoms with Crippen LogP contribution in [0.3, 0.4) is 0 Å². The van der Waals surface area contributed by atoms with Gasteiger partial charge in [0.05, 0.1) is 17.7 Å². The zero-order valence-electron chi connectivity index (χ0n) is 6.32. The lowest BCUT2D eigenvalue weighted by Gasteiger charge is -2.00. The molecule has 0 radical (unpaired) electrons. The van der Waals surface area contributed by atoms with Crippen LogP contribution in [0.15, 0.2) is 10.9 Å². The Hall–Kier alpha value is -0.980. The molecule has 1 amide bonds. The van der Waals surface area contributed by atoms with E-state index in [1.54, 1.807) is 5.51 Å². The summed E-state index contributed by atoms with van der Waals surface area (Å²) >= 11 is 1.51. The molecule has 12 heavy (non-hydrogen) atoms. The van der Waals surface area contributed by atoms with Crippen LogP contribution >= 0.6 is 11.3 Å². The molecule has 0 aliphatic heterocycles. The van der Waals surface area contributed by atoms with Crippen molar-refractivity contribution < 1.29 is 9.63 Å². The number of primary amides is 1. The highest BCUT2D eigenvalue weighted by Gasteiger charge is 1.95. The summed E-state index contributed by atoms with van der Waals surface area (Å²) in [5, 5.41) is 1.89. The molecular weight excluding hydrogens is 178 g/mol. The predicted octanol–water partition coefficient (Wildman–Crippen LogP) is -0.350. The fourth-order valence-electron chi connectivity index (χ4n) is 0.572. The average Bonchev–Trinajstić information content (AvgIpc) is 2.49. The molecule has 1 rings (SSSR count). The van der Waals surface area contributed by atoms with Gasteiger partial charge in [-0.25, -0.2) is 4.98 Å². The monoisotopic (exact) mass is 187 g/mol. The number of carbonyl (C=O) groups excluding carboxylic acids is 1. The number of hydroxylamine groups is 1. The van der Waals surface area contributed by atoms with Gasteiger partial charge in [-0.3, -0.25) is 9.63 Å². The molecular formula is C6H9N3O2S. The van der Waals surface area contributed by atoms with Crippen molar-refractivity contribution in [3.05, 3.63) is 16.6 Å². The molecule has 0 bridgehead atoms. The molecule has 0 atom stereocenters. The number of nitrogens with two attached hydrogens (primary N) is 1. The Kier molecular flexibility index (Phi) is 3.65. The Bertz CT molecular complexity index is 237. The summed E-state index contributed by atoms with van der Waals surface area (Å²) in [5.41, 5.74) is 10.0. The average molecular weight is 187 g/mol. The van der Waals surface area contributed by atoms with Gasteiger partial charge in [0.1, 0.15) is 6.61 Å². The number of hydrogen-bond donors (Lipinski definition) is 2. The van der Waals surface area contributed by atoms with Crippen LogP contribution in [0, 0.1) is 0 Å². The number of nitrogens with zero attached hydrogens (tertiary/aromatic N) is 1. The van der Waals surface area contributed by atoms with Crippen LogP contribution < -0.4 is 11.2 Å². The maximum absolute atomic E-state index is 10.2. The molecule has 3 N–H and O–H groups in total. The van der Waals surface area contributed by atoms with E-state index in [2.05, 4.69) is 10.5 Å². The SMILES string of the molecule is NC(=O)CONCc1cscn1. The highest BCUT2D eigenvalue weighted by molar-refractivity contribution is 7.07. The summed E-state index contributed by atoms with van der Waals surface area (Å²) in [7, 11) is 0. The molecule has 0 saturated carbocycles. The van der Waals surface area contributed by atoms with Gasteiger partial charge >= 0.3 is 0 Å². The van der Waals surface area contributed by atoms with E-state index in [1.807, 2.05) is 5.38 Å². The minimum atomic E-state index is -0.499. The van der Waals surface area contributed by atoms with Crippen molar-refractivity contribution in [2.24, 2.45) is 5.73 Å². The summed E-state index contributed by atoms with van der Waals surface area (Å²) in [5.74, 6) is -0.499. The second-order valence-corrected chi connectivity index (χ2v) is 2.77. The Morgan fingerprint density at radius 3 is 3.25 bits per heavy atom. The number of rotatable bonds is 5. The molecule has 0 aliphatic carbocycles. The van der Waals surface area contributed by atoms with Crippen LogP contribution in [0.25, 0.3) is 0 Å². The fourth-order valence-corrected chi connectivity index (χ4v) is 1.13. The molecule has 1 aromatic heterocycles. The molecule has 66 valence electrons. The van der Waals surface area contributed by atoms with Crippen molar-refractivity contribution in [3.63, 3.8) is 0 Å². The van der Waals surface area contributed by atoms with Gasteiger partial charge in [0, 0.05) is 5.38 Å². The molecule has 0 spiro atoms. The molecule has 5 nitrogen and oxygen atoms in total. The van der Waals surface area contributed by atoms with Crippen LogP contribution in [-0.2, 0) is 16.2 Å². The van der Waals surface area contributed by atoms with Crippen molar-refractivity contribution in [1.82, 2.24) is 10.5 Å². The van der Waals surface area contributed by atoms with E-state index in [0.717, 1.165) is 5.69 Å². The third-order valence-corrected chi connectivity index (χ3v) is 1.69. The Labute approximate surface area is 73.5 Å². The van der Waals surface area contributed by atoms with E-state index in [-0.39, 0.29) is 6.61 Å². The third-order valence-electron chi connectivity index (χ3n) is 1.05. The number of amides is 1. The maximum atomic E-state index is 10.2. The zero-order valence-corrected chi connectivity index (χ0v) is 7.13. The second-order valence-electron chi connectivity index (χ2n) is 2.06. The van der Waals surface area contributed by atoms with Gasteiger partial charge in [-0.05, 0) is 0 Å². The van der Waals surface area contributed by atoms with Crippen LogP contribution in [0.4, 0.5) is 0 Å². The normalized spacial score (nSPS) is 10.0. The molecule has 0 aromatic carbocycles. The van der Waals surface area contributed by atoms with Crippen molar-refractivity contribution in [1.29, 1.82) is 0 Å². The minimum absolute atomic E-state index is 0.121. The predicted molar refractivity (Wildman–Crippen MR) is 44.1 cm³/mol. The van der Waals surface area contributed by atoms with Crippen LogP contribution in [0.5, 0.6) is 0 Å². The van der Waals surface area contributed by atoms with Crippen LogP contribution in [0.2, 0.25) is 0 Å². The Morgan fingerprint density at radius 1 is 1.83 bits per heavy atom. The standard InChI is InChI=1S/C6H9N3O2S/c7-6(10)2-11-9-1-5-3-12-4-8-5/h3-4,9H,1-2H2,(H2,7,10). The zero-order chi connectivity index (χ0) is 8.81. The smallest absolute Gasteiger partial charge is 0.245 e. The van der Waals surface area contributed by atoms with Crippen LogP contribution in [-0.4, -0.2) is 17.5 Å². The van der Waals surface area contributed by atoms with E-state index in [4.69, 9.17) is 10.6 Å². The number of nitrogens with one attached hydrogen (secondary N) is 1. The van der Waals surface area contributed by atoms with Gasteiger partial charge in [-0.15, -0.1) is 11.3 Å². The molecule has 0 unspecified atom stereocenters. The van der Waals surface area contributed by atoms with E-state index in [9.17, 15) is 4.79 Å². The van der Waals surface area contributed by atoms with Crippen molar-refractivity contribution in [2.75, 3.05) is 6.61 Å². The summed E-state index contributed by atoms with van der Waals surface area (Å²) in [4.78, 5) is 18.9. The van der Waals surface area contributed by atoms with E-state index < -0.39 is 5.91 Å². The quantitative estimate of drug-likeness (QED) is 0.488. The van der Waals surface area contributed by atoms with Gasteiger partial charge in [0.2, 0.25) is 5.91 Å². The molecule has 0 aliphatic rings. The highest BCUT2D eigenvalue weighted by Crippen LogP contribution is 1.99. The number of thiazole rings is 1. The first-order chi connectivity index (χ1) is 5.79. The first-order valence-corrected chi connectivity index (χ1v) is 4.23. The van der Waals surface area contributed by atoms with Gasteiger partial charge in [-0.1, -0.05) is 0 Å². The van der Waals surface area contributed by atoms with Gasteiger partial charge in [0.15, 0.2) is 0 Å². The van der Waals surface area contributed by atoms with Crippen molar-refractivity contribution in [2.45, 2.75) is 6.54 Å². The number of aromatic nitrogens is 1. The van der Waals surface area contributed by atoms with Gasteiger partial charge < -0.3 is 5.73 Å². The highest BCUT2D eigenvalue weighted by atomic mass is 32.1. The van der Waals surface area contributed by atoms with Gasteiger partial charge in [0.25, 0.3) is 0 Å². The van der Waals surface area contributed by atoms with E-state index >= 15 is 0 Å². The van der Waals surface area contributed by atoms with E-state index in [1.165, 1.54) is 11.3 Å². The lowest BCUT2D eigenvalue weighted by Crippen LogP contribution is -2.24. The largest absolute Gasteiger partial charge is 0.368 e. The van der Waals surface area contributed by atoms with Gasteiger partial charge in [-0.2, -0.15) is 5.48 Å². The molecule has 1 heterocycles. The Morgan fingerprint density at radius 2 is 2.67 bits per heavy atom. The molecule has 0 fully saturated rings. The number of hydrogen-bond acceptors (Lipinski definition) is 5. The lowest BCUT2D eigenvalue weighted by atomic mass is 10.5. The summed E-state index contributed by atoms with van der Waals surface area (Å²) in [6.07, 6.45) is 0. The molecule has 0 saturated heterocycles. The lowest BCUT2D eigenvalue weighted by molar-refractivity contribution is -0.125. The number of carbonyl (C=O) groups is 1. The second kappa shape index (κ2) is 4.81. The first-order valence-electron chi connectivity index (χ1n) is 3.29.